The number of rotatable bonds is 6. The zero-order valence-electron chi connectivity index (χ0n) is 14.4. The topological polar surface area (TPSA) is 49.6 Å². The van der Waals surface area contributed by atoms with Crippen LogP contribution in [-0.4, -0.2) is 9.97 Å². The molecular weight excluding hydrogens is 306 g/mol. The molecule has 0 N–H and O–H groups in total. The summed E-state index contributed by atoms with van der Waals surface area (Å²) in [6.45, 7) is 2.22. The third-order valence-electron chi connectivity index (χ3n) is 4.25. The molecule has 0 bridgehead atoms. The summed E-state index contributed by atoms with van der Waals surface area (Å²) in [5.74, 6) is 0.651. The minimum absolute atomic E-state index is 0.617. The van der Waals surface area contributed by atoms with Gasteiger partial charge in [-0.2, -0.15) is 5.26 Å². The fraction of sp³-hybridized carbons (Fsp3) is 0.227. The van der Waals surface area contributed by atoms with Gasteiger partial charge in [-0.1, -0.05) is 56.2 Å². The highest BCUT2D eigenvalue weighted by molar-refractivity contribution is 5.67. The van der Waals surface area contributed by atoms with E-state index in [9.17, 15) is 0 Å². The molecule has 0 aliphatic carbocycles. The summed E-state index contributed by atoms with van der Waals surface area (Å²) in [6.07, 6.45) is 6.50. The van der Waals surface area contributed by atoms with Gasteiger partial charge in [-0.25, -0.2) is 9.97 Å². The van der Waals surface area contributed by atoms with E-state index in [2.05, 4.69) is 42.2 Å². The van der Waals surface area contributed by atoms with E-state index in [4.69, 9.17) is 10.2 Å². The highest BCUT2D eigenvalue weighted by atomic mass is 14.9. The molecule has 1 aromatic heterocycles. The number of hydrogen-bond acceptors (Lipinski definition) is 3. The molecule has 0 saturated heterocycles. The number of hydrogen-bond donors (Lipinski definition) is 0. The molecule has 0 aliphatic rings. The molecule has 3 heteroatoms. The molecule has 25 heavy (non-hydrogen) atoms. The molecule has 0 unspecified atom stereocenters. The molecule has 3 rings (SSSR count). The smallest absolute Gasteiger partial charge is 0.159 e. The molecule has 0 fully saturated rings. The molecule has 0 spiro atoms. The van der Waals surface area contributed by atoms with Gasteiger partial charge in [0.05, 0.1) is 17.3 Å². The first-order valence-corrected chi connectivity index (χ1v) is 8.73. The Morgan fingerprint density at radius 1 is 1.00 bits per heavy atom. The van der Waals surface area contributed by atoms with Crippen LogP contribution < -0.4 is 0 Å². The second kappa shape index (κ2) is 8.21. The molecule has 0 radical (unpaired) electrons. The van der Waals surface area contributed by atoms with Gasteiger partial charge in [0, 0.05) is 17.3 Å². The molecule has 3 aromatic rings. The lowest BCUT2D eigenvalue weighted by atomic mass is 9.99. The average Bonchev–Trinajstić information content (AvgIpc) is 2.69. The van der Waals surface area contributed by atoms with Crippen LogP contribution in [0.3, 0.4) is 0 Å². The van der Waals surface area contributed by atoms with Gasteiger partial charge in [-0.05, 0) is 36.6 Å². The van der Waals surface area contributed by atoms with E-state index in [1.54, 1.807) is 12.3 Å². The summed E-state index contributed by atoms with van der Waals surface area (Å²) in [4.78, 5) is 9.15. The van der Waals surface area contributed by atoms with Gasteiger partial charge in [0.15, 0.2) is 5.82 Å². The van der Waals surface area contributed by atoms with Gasteiger partial charge in [0.25, 0.3) is 0 Å². The predicted octanol–water partition coefficient (Wildman–Crippen LogP) is 5.41. The number of unbranched alkanes of at least 4 members (excludes halogenated alkanes) is 2. The van der Waals surface area contributed by atoms with E-state index < -0.39 is 0 Å². The molecule has 0 aliphatic heterocycles. The van der Waals surface area contributed by atoms with E-state index in [-0.39, 0.29) is 0 Å². The van der Waals surface area contributed by atoms with E-state index in [0.29, 0.717) is 11.4 Å². The maximum atomic E-state index is 9.09. The van der Waals surface area contributed by atoms with Crippen LogP contribution in [0.5, 0.6) is 0 Å². The van der Waals surface area contributed by atoms with Crippen LogP contribution in [0, 0.1) is 11.3 Å². The lowest BCUT2D eigenvalue weighted by Gasteiger charge is -2.10. The van der Waals surface area contributed by atoms with E-state index in [1.165, 1.54) is 30.4 Å². The SMILES string of the molecule is CCCCCc1ccccc1-c1ccnc(-c2cccc(C#N)c2)n1. The average molecular weight is 327 g/mol. The number of nitriles is 1. The highest BCUT2D eigenvalue weighted by Gasteiger charge is 2.09. The van der Waals surface area contributed by atoms with Crippen LogP contribution in [0.15, 0.2) is 60.8 Å². The van der Waals surface area contributed by atoms with Crippen LogP contribution in [0.4, 0.5) is 0 Å². The Morgan fingerprint density at radius 3 is 2.72 bits per heavy atom. The zero-order chi connectivity index (χ0) is 17.5. The molecule has 2 aromatic carbocycles. The van der Waals surface area contributed by atoms with Crippen molar-refractivity contribution in [2.75, 3.05) is 0 Å². The normalized spacial score (nSPS) is 10.4. The van der Waals surface area contributed by atoms with Crippen molar-refractivity contribution in [3.8, 4) is 28.7 Å². The number of benzene rings is 2. The highest BCUT2D eigenvalue weighted by Crippen LogP contribution is 2.25. The lowest BCUT2D eigenvalue weighted by Crippen LogP contribution is -1.95. The maximum Gasteiger partial charge on any atom is 0.159 e. The van der Waals surface area contributed by atoms with Crippen LogP contribution >= 0.6 is 0 Å². The van der Waals surface area contributed by atoms with Crippen molar-refractivity contribution in [3.05, 3.63) is 71.9 Å². The molecule has 0 saturated carbocycles. The van der Waals surface area contributed by atoms with Crippen molar-refractivity contribution in [1.29, 1.82) is 5.26 Å². The standard InChI is InChI=1S/C22H21N3/c1-2-3-4-9-18-10-5-6-12-20(18)21-13-14-24-22(25-21)19-11-7-8-17(15-19)16-23/h5-8,10-15H,2-4,9H2,1H3. The van der Waals surface area contributed by atoms with Crippen molar-refractivity contribution in [3.63, 3.8) is 0 Å². The molecule has 3 nitrogen and oxygen atoms in total. The van der Waals surface area contributed by atoms with Gasteiger partial charge >= 0.3 is 0 Å². The Bertz CT molecular complexity index is 894. The van der Waals surface area contributed by atoms with Gasteiger partial charge in [-0.3, -0.25) is 0 Å². The first kappa shape index (κ1) is 16.9. The summed E-state index contributed by atoms with van der Waals surface area (Å²) < 4.78 is 0. The van der Waals surface area contributed by atoms with Crippen molar-refractivity contribution in [2.24, 2.45) is 0 Å². The minimum Gasteiger partial charge on any atom is -0.237 e. The molecule has 124 valence electrons. The van der Waals surface area contributed by atoms with Crippen LogP contribution in [0.1, 0.15) is 37.3 Å². The summed E-state index contributed by atoms with van der Waals surface area (Å²) in [5.41, 5.74) is 4.90. The zero-order valence-corrected chi connectivity index (χ0v) is 14.4. The second-order valence-corrected chi connectivity index (χ2v) is 6.07. The largest absolute Gasteiger partial charge is 0.237 e. The molecular formula is C22H21N3. The predicted molar refractivity (Wildman–Crippen MR) is 101 cm³/mol. The monoisotopic (exact) mass is 327 g/mol. The van der Waals surface area contributed by atoms with Crippen molar-refractivity contribution < 1.29 is 0 Å². The van der Waals surface area contributed by atoms with E-state index >= 15 is 0 Å². The van der Waals surface area contributed by atoms with Crippen LogP contribution in [0.25, 0.3) is 22.6 Å². The number of aryl methyl sites for hydroxylation is 1. The third kappa shape index (κ3) is 4.10. The summed E-state index contributed by atoms with van der Waals surface area (Å²) in [6, 6.07) is 20.0. The maximum absolute atomic E-state index is 9.09. The fourth-order valence-corrected chi connectivity index (χ4v) is 2.93. The number of aromatic nitrogens is 2. The molecule has 1 heterocycles. The number of nitrogens with zero attached hydrogens (tertiary/aromatic N) is 3. The van der Waals surface area contributed by atoms with Crippen LogP contribution in [-0.2, 0) is 6.42 Å². The Balaban J connectivity index is 1.96. The lowest BCUT2D eigenvalue weighted by molar-refractivity contribution is 0.718. The van der Waals surface area contributed by atoms with Crippen molar-refractivity contribution >= 4 is 0 Å². The summed E-state index contributed by atoms with van der Waals surface area (Å²) >= 11 is 0. The first-order chi connectivity index (χ1) is 12.3. The minimum atomic E-state index is 0.617. The Labute approximate surface area is 149 Å². The van der Waals surface area contributed by atoms with E-state index in [1.807, 2.05) is 24.3 Å². The summed E-state index contributed by atoms with van der Waals surface area (Å²) in [7, 11) is 0. The summed E-state index contributed by atoms with van der Waals surface area (Å²) in [5, 5.41) is 9.09. The fourth-order valence-electron chi connectivity index (χ4n) is 2.93. The van der Waals surface area contributed by atoms with Gasteiger partial charge < -0.3 is 0 Å². The second-order valence-electron chi connectivity index (χ2n) is 6.07. The van der Waals surface area contributed by atoms with Gasteiger partial charge in [0.2, 0.25) is 0 Å². The quantitative estimate of drug-likeness (QED) is 0.568. The van der Waals surface area contributed by atoms with Crippen molar-refractivity contribution in [1.82, 2.24) is 9.97 Å². The molecule has 0 atom stereocenters. The Hall–Kier alpha value is -2.99. The van der Waals surface area contributed by atoms with Gasteiger partial charge in [0.1, 0.15) is 0 Å². The molecule has 0 amide bonds. The van der Waals surface area contributed by atoms with Crippen LogP contribution in [0.2, 0.25) is 0 Å². The van der Waals surface area contributed by atoms with Crippen molar-refractivity contribution in [2.45, 2.75) is 32.6 Å². The third-order valence-corrected chi connectivity index (χ3v) is 4.25. The van der Waals surface area contributed by atoms with E-state index in [0.717, 1.165) is 17.7 Å². The Kier molecular flexibility index (Phi) is 5.53. The Morgan fingerprint density at radius 2 is 1.88 bits per heavy atom. The first-order valence-electron chi connectivity index (χ1n) is 8.73. The van der Waals surface area contributed by atoms with Gasteiger partial charge in [-0.15, -0.1) is 0 Å².